The number of hydrogen-bond acceptors (Lipinski definition) is 3. The molecule has 3 heteroatoms. The van der Waals surface area contributed by atoms with E-state index in [1.54, 1.807) is 7.11 Å². The number of hydrogen-bond donors (Lipinski definition) is 1. The summed E-state index contributed by atoms with van der Waals surface area (Å²) in [5.74, 6) is 0.876. The number of ether oxygens (including phenoxy) is 2. The first-order valence-corrected chi connectivity index (χ1v) is 5.48. The van der Waals surface area contributed by atoms with Gasteiger partial charge in [0.25, 0.3) is 0 Å². The minimum atomic E-state index is -0.177. The standard InChI is InChI=1S/C11H22O3/c1-9(8-13-2)7-11(12)10-3-5-14-6-4-10/h9-12H,3-8H2,1-2H3. The molecule has 0 aromatic rings. The fourth-order valence-corrected chi connectivity index (χ4v) is 2.06. The molecule has 0 bridgehead atoms. The van der Waals surface area contributed by atoms with Crippen molar-refractivity contribution >= 4 is 0 Å². The van der Waals surface area contributed by atoms with E-state index in [0.29, 0.717) is 11.8 Å². The molecule has 1 saturated heterocycles. The summed E-state index contributed by atoms with van der Waals surface area (Å²) in [6, 6.07) is 0. The highest BCUT2D eigenvalue weighted by molar-refractivity contribution is 4.73. The predicted molar refractivity (Wildman–Crippen MR) is 55.2 cm³/mol. The highest BCUT2D eigenvalue weighted by atomic mass is 16.5. The van der Waals surface area contributed by atoms with E-state index in [-0.39, 0.29) is 6.10 Å². The summed E-state index contributed by atoms with van der Waals surface area (Å²) < 4.78 is 10.3. The van der Waals surface area contributed by atoms with Crippen molar-refractivity contribution in [3.8, 4) is 0 Å². The van der Waals surface area contributed by atoms with Crippen molar-refractivity contribution in [3.63, 3.8) is 0 Å². The minimum absolute atomic E-state index is 0.177. The normalized spacial score (nSPS) is 23.4. The maximum Gasteiger partial charge on any atom is 0.0573 e. The van der Waals surface area contributed by atoms with E-state index < -0.39 is 0 Å². The largest absolute Gasteiger partial charge is 0.393 e. The summed E-state index contributed by atoms with van der Waals surface area (Å²) >= 11 is 0. The van der Waals surface area contributed by atoms with E-state index in [1.165, 1.54) is 0 Å². The van der Waals surface area contributed by atoms with Gasteiger partial charge in [0.1, 0.15) is 0 Å². The molecule has 3 nitrogen and oxygen atoms in total. The third-order valence-corrected chi connectivity index (χ3v) is 2.91. The van der Waals surface area contributed by atoms with Crippen LogP contribution in [0.3, 0.4) is 0 Å². The van der Waals surface area contributed by atoms with Gasteiger partial charge in [-0.2, -0.15) is 0 Å². The molecule has 1 aliphatic rings. The second-order valence-electron chi connectivity index (χ2n) is 4.31. The Morgan fingerprint density at radius 1 is 1.43 bits per heavy atom. The van der Waals surface area contributed by atoms with E-state index in [2.05, 4.69) is 6.92 Å². The van der Waals surface area contributed by atoms with Crippen molar-refractivity contribution in [1.82, 2.24) is 0 Å². The highest BCUT2D eigenvalue weighted by Gasteiger charge is 2.23. The number of methoxy groups -OCH3 is 1. The molecule has 1 N–H and O–H groups in total. The average molecular weight is 202 g/mol. The Kier molecular flexibility index (Phi) is 5.45. The summed E-state index contributed by atoms with van der Waals surface area (Å²) in [7, 11) is 1.71. The first-order valence-electron chi connectivity index (χ1n) is 5.48. The van der Waals surface area contributed by atoms with Gasteiger partial charge in [0, 0.05) is 26.9 Å². The van der Waals surface area contributed by atoms with Gasteiger partial charge in [0.15, 0.2) is 0 Å². The van der Waals surface area contributed by atoms with Crippen LogP contribution in [0, 0.1) is 11.8 Å². The lowest BCUT2D eigenvalue weighted by Gasteiger charge is -2.28. The molecule has 2 atom stereocenters. The lowest BCUT2D eigenvalue weighted by atomic mass is 9.88. The Bertz CT molecular complexity index is 143. The van der Waals surface area contributed by atoms with Crippen molar-refractivity contribution in [3.05, 3.63) is 0 Å². The van der Waals surface area contributed by atoms with Crippen LogP contribution in [-0.2, 0) is 9.47 Å². The molecule has 14 heavy (non-hydrogen) atoms. The summed E-state index contributed by atoms with van der Waals surface area (Å²) in [5, 5.41) is 9.96. The lowest BCUT2D eigenvalue weighted by molar-refractivity contribution is -0.00526. The Labute approximate surface area is 86.4 Å². The molecule has 0 aliphatic carbocycles. The monoisotopic (exact) mass is 202 g/mol. The molecule has 0 saturated carbocycles. The molecule has 0 aromatic heterocycles. The number of aliphatic hydroxyl groups excluding tert-OH is 1. The molecule has 0 radical (unpaired) electrons. The smallest absolute Gasteiger partial charge is 0.0573 e. The fourth-order valence-electron chi connectivity index (χ4n) is 2.06. The Morgan fingerprint density at radius 3 is 2.64 bits per heavy atom. The van der Waals surface area contributed by atoms with Crippen molar-refractivity contribution in [2.24, 2.45) is 11.8 Å². The van der Waals surface area contributed by atoms with Crippen molar-refractivity contribution < 1.29 is 14.6 Å². The SMILES string of the molecule is COCC(C)CC(O)C1CCOCC1. The zero-order valence-corrected chi connectivity index (χ0v) is 9.24. The average Bonchev–Trinajstić information content (AvgIpc) is 2.19. The van der Waals surface area contributed by atoms with E-state index in [9.17, 15) is 5.11 Å². The molecule has 0 amide bonds. The van der Waals surface area contributed by atoms with Crippen LogP contribution in [0.25, 0.3) is 0 Å². The molecule has 1 heterocycles. The second kappa shape index (κ2) is 6.38. The summed E-state index contributed by atoms with van der Waals surface area (Å²) in [6.07, 6.45) is 2.67. The van der Waals surface area contributed by atoms with Crippen LogP contribution in [0.4, 0.5) is 0 Å². The van der Waals surface area contributed by atoms with Crippen LogP contribution in [0.5, 0.6) is 0 Å². The van der Waals surface area contributed by atoms with Crippen LogP contribution in [-0.4, -0.2) is 38.1 Å². The molecule has 1 rings (SSSR count). The van der Waals surface area contributed by atoms with Crippen molar-refractivity contribution in [1.29, 1.82) is 0 Å². The predicted octanol–water partition coefficient (Wildman–Crippen LogP) is 1.45. The van der Waals surface area contributed by atoms with Gasteiger partial charge in [-0.3, -0.25) is 0 Å². The third kappa shape index (κ3) is 3.95. The Balaban J connectivity index is 2.21. The molecule has 2 unspecified atom stereocenters. The van der Waals surface area contributed by atoms with Gasteiger partial charge in [-0.1, -0.05) is 6.92 Å². The maximum absolute atomic E-state index is 9.96. The summed E-state index contributed by atoms with van der Waals surface area (Å²) in [4.78, 5) is 0. The lowest BCUT2D eigenvalue weighted by Crippen LogP contribution is -2.29. The third-order valence-electron chi connectivity index (χ3n) is 2.91. The van der Waals surface area contributed by atoms with Gasteiger partial charge in [0.05, 0.1) is 6.10 Å². The Hall–Kier alpha value is -0.120. The van der Waals surface area contributed by atoms with Crippen LogP contribution in [0.1, 0.15) is 26.2 Å². The zero-order chi connectivity index (χ0) is 10.4. The van der Waals surface area contributed by atoms with Gasteiger partial charge in [-0.05, 0) is 31.1 Å². The van der Waals surface area contributed by atoms with Gasteiger partial charge in [0.2, 0.25) is 0 Å². The zero-order valence-electron chi connectivity index (χ0n) is 9.24. The first kappa shape index (κ1) is 12.0. The van der Waals surface area contributed by atoms with Crippen LogP contribution in [0.15, 0.2) is 0 Å². The summed E-state index contributed by atoms with van der Waals surface area (Å²) in [5.41, 5.74) is 0. The van der Waals surface area contributed by atoms with E-state index in [4.69, 9.17) is 9.47 Å². The van der Waals surface area contributed by atoms with Crippen LogP contribution in [0.2, 0.25) is 0 Å². The molecule has 0 spiro atoms. The van der Waals surface area contributed by atoms with Gasteiger partial charge in [-0.15, -0.1) is 0 Å². The van der Waals surface area contributed by atoms with E-state index >= 15 is 0 Å². The first-order chi connectivity index (χ1) is 6.74. The van der Waals surface area contributed by atoms with Gasteiger partial charge in [-0.25, -0.2) is 0 Å². The van der Waals surface area contributed by atoms with Crippen LogP contribution < -0.4 is 0 Å². The molecule has 84 valence electrons. The van der Waals surface area contributed by atoms with E-state index in [0.717, 1.165) is 39.1 Å². The number of rotatable bonds is 5. The van der Waals surface area contributed by atoms with Gasteiger partial charge >= 0.3 is 0 Å². The Morgan fingerprint density at radius 2 is 2.07 bits per heavy atom. The summed E-state index contributed by atoms with van der Waals surface area (Å²) in [6.45, 7) is 4.47. The van der Waals surface area contributed by atoms with Crippen LogP contribution >= 0.6 is 0 Å². The molecule has 1 fully saturated rings. The second-order valence-corrected chi connectivity index (χ2v) is 4.31. The van der Waals surface area contributed by atoms with Gasteiger partial charge < -0.3 is 14.6 Å². The van der Waals surface area contributed by atoms with E-state index in [1.807, 2.05) is 0 Å². The fraction of sp³-hybridized carbons (Fsp3) is 1.00. The molecular formula is C11H22O3. The van der Waals surface area contributed by atoms with Crippen molar-refractivity contribution in [2.75, 3.05) is 26.9 Å². The number of aliphatic hydroxyl groups is 1. The maximum atomic E-state index is 9.96. The van der Waals surface area contributed by atoms with Crippen molar-refractivity contribution in [2.45, 2.75) is 32.3 Å². The minimum Gasteiger partial charge on any atom is -0.393 e. The molecular weight excluding hydrogens is 180 g/mol. The highest BCUT2D eigenvalue weighted by Crippen LogP contribution is 2.23. The topological polar surface area (TPSA) is 38.7 Å². The quantitative estimate of drug-likeness (QED) is 0.733. The molecule has 1 aliphatic heterocycles. The molecule has 0 aromatic carbocycles.